The normalized spacial score (nSPS) is 10.8. The van der Waals surface area contributed by atoms with E-state index >= 15 is 0 Å². The quantitative estimate of drug-likeness (QED) is 0.424. The van der Waals surface area contributed by atoms with Crippen molar-refractivity contribution < 1.29 is 0 Å². The number of fused-ring (bicyclic) bond motifs is 1. The lowest BCUT2D eigenvalue weighted by atomic mass is 10.1. The number of rotatable bonds is 5. The van der Waals surface area contributed by atoms with Crippen molar-refractivity contribution in [3.05, 3.63) is 88.4 Å². The molecule has 0 atom stereocenters. The third-order valence-electron chi connectivity index (χ3n) is 4.70. The molecule has 0 aliphatic carbocycles. The monoisotopic (exact) mass is 388 g/mol. The van der Waals surface area contributed by atoms with E-state index < -0.39 is 0 Å². The lowest BCUT2D eigenvalue weighted by Crippen LogP contribution is -2.06. The molecule has 0 radical (unpaired) electrons. The highest BCUT2D eigenvalue weighted by molar-refractivity contribution is 6.31. The summed E-state index contributed by atoms with van der Waals surface area (Å²) in [5.74, 6) is 1.34. The molecule has 0 unspecified atom stereocenters. The average Bonchev–Trinajstić information content (AvgIpc) is 2.71. The van der Waals surface area contributed by atoms with E-state index in [0.29, 0.717) is 17.5 Å². The molecule has 28 heavy (non-hydrogen) atoms. The van der Waals surface area contributed by atoms with E-state index in [1.807, 2.05) is 49.4 Å². The number of nitrogens with zero attached hydrogens (tertiary/aromatic N) is 2. The Morgan fingerprint density at radius 2 is 1.64 bits per heavy atom. The van der Waals surface area contributed by atoms with Crippen LogP contribution in [0.4, 0.5) is 17.5 Å². The Morgan fingerprint density at radius 3 is 2.46 bits per heavy atom. The van der Waals surface area contributed by atoms with E-state index in [2.05, 4.69) is 46.8 Å². The molecule has 0 saturated carbocycles. The van der Waals surface area contributed by atoms with Crippen LogP contribution in [0, 0.1) is 13.8 Å². The molecule has 4 rings (SSSR count). The van der Waals surface area contributed by atoms with Crippen LogP contribution in [0.25, 0.3) is 10.9 Å². The number of halogens is 1. The van der Waals surface area contributed by atoms with Crippen LogP contribution in [-0.2, 0) is 6.54 Å². The second kappa shape index (κ2) is 7.87. The Labute approximate surface area is 169 Å². The summed E-state index contributed by atoms with van der Waals surface area (Å²) in [6.45, 7) is 4.75. The summed E-state index contributed by atoms with van der Waals surface area (Å²) in [6, 6.07) is 22.2. The van der Waals surface area contributed by atoms with Gasteiger partial charge in [0.2, 0.25) is 5.95 Å². The van der Waals surface area contributed by atoms with Gasteiger partial charge in [0.25, 0.3) is 0 Å². The number of para-hydroxylation sites is 1. The molecule has 0 aliphatic heterocycles. The van der Waals surface area contributed by atoms with Crippen molar-refractivity contribution in [2.75, 3.05) is 10.6 Å². The van der Waals surface area contributed by atoms with Crippen molar-refractivity contribution in [1.82, 2.24) is 9.97 Å². The Kier molecular flexibility index (Phi) is 5.13. The standard InChI is InChI=1S/C23H21ClN4/c1-15-10-12-17(13-11-15)14-25-22-18-6-3-4-8-21(18)27-23(28-22)26-20-9-5-7-19(24)16(20)2/h3-13H,14H2,1-2H3,(H2,25,26,27,28). The van der Waals surface area contributed by atoms with Crippen molar-refractivity contribution in [2.45, 2.75) is 20.4 Å². The van der Waals surface area contributed by atoms with Crippen molar-refractivity contribution >= 4 is 40.0 Å². The van der Waals surface area contributed by atoms with Gasteiger partial charge in [-0.15, -0.1) is 0 Å². The van der Waals surface area contributed by atoms with Gasteiger partial charge in [0.15, 0.2) is 0 Å². The van der Waals surface area contributed by atoms with Crippen LogP contribution in [0.15, 0.2) is 66.7 Å². The van der Waals surface area contributed by atoms with E-state index in [0.717, 1.165) is 28.0 Å². The maximum Gasteiger partial charge on any atom is 0.229 e. The minimum atomic E-state index is 0.537. The zero-order chi connectivity index (χ0) is 19.5. The van der Waals surface area contributed by atoms with Gasteiger partial charge in [-0.3, -0.25) is 0 Å². The highest BCUT2D eigenvalue weighted by atomic mass is 35.5. The first-order valence-corrected chi connectivity index (χ1v) is 9.56. The fourth-order valence-corrected chi connectivity index (χ4v) is 3.20. The molecular weight excluding hydrogens is 368 g/mol. The predicted molar refractivity (Wildman–Crippen MR) is 118 cm³/mol. The van der Waals surface area contributed by atoms with Crippen molar-refractivity contribution in [3.8, 4) is 0 Å². The number of benzene rings is 3. The van der Waals surface area contributed by atoms with Gasteiger partial charge in [-0.25, -0.2) is 4.98 Å². The maximum atomic E-state index is 6.24. The molecule has 0 amide bonds. The molecule has 3 aromatic carbocycles. The molecule has 0 bridgehead atoms. The first-order chi connectivity index (χ1) is 13.6. The molecule has 0 spiro atoms. The number of anilines is 3. The zero-order valence-corrected chi connectivity index (χ0v) is 16.6. The van der Waals surface area contributed by atoms with Crippen LogP contribution in [0.3, 0.4) is 0 Å². The summed E-state index contributed by atoms with van der Waals surface area (Å²) in [5, 5.41) is 8.46. The predicted octanol–water partition coefficient (Wildman–Crippen LogP) is 6.26. The van der Waals surface area contributed by atoms with Crippen LogP contribution in [-0.4, -0.2) is 9.97 Å². The van der Waals surface area contributed by atoms with Gasteiger partial charge in [-0.1, -0.05) is 59.6 Å². The van der Waals surface area contributed by atoms with Gasteiger partial charge < -0.3 is 10.6 Å². The van der Waals surface area contributed by atoms with Gasteiger partial charge in [0.1, 0.15) is 5.82 Å². The first-order valence-electron chi connectivity index (χ1n) is 9.18. The topological polar surface area (TPSA) is 49.8 Å². The van der Waals surface area contributed by atoms with Gasteiger partial charge in [-0.05, 0) is 49.2 Å². The molecular formula is C23H21ClN4. The summed E-state index contributed by atoms with van der Waals surface area (Å²) >= 11 is 6.24. The Hall–Kier alpha value is -3.11. The summed E-state index contributed by atoms with van der Waals surface area (Å²) in [7, 11) is 0. The number of hydrogen-bond donors (Lipinski definition) is 2. The third kappa shape index (κ3) is 3.92. The van der Waals surface area contributed by atoms with Crippen LogP contribution in [0.2, 0.25) is 5.02 Å². The van der Waals surface area contributed by atoms with E-state index in [4.69, 9.17) is 16.6 Å². The van der Waals surface area contributed by atoms with Gasteiger partial charge >= 0.3 is 0 Å². The van der Waals surface area contributed by atoms with E-state index in [1.54, 1.807) is 0 Å². The highest BCUT2D eigenvalue weighted by Crippen LogP contribution is 2.27. The summed E-state index contributed by atoms with van der Waals surface area (Å²) in [6.07, 6.45) is 0. The molecule has 4 aromatic rings. The van der Waals surface area contributed by atoms with Gasteiger partial charge in [0, 0.05) is 22.6 Å². The Bertz CT molecular complexity index is 1120. The first kappa shape index (κ1) is 18.3. The van der Waals surface area contributed by atoms with Gasteiger partial charge in [0.05, 0.1) is 5.52 Å². The molecule has 4 nitrogen and oxygen atoms in total. The number of nitrogens with one attached hydrogen (secondary N) is 2. The van der Waals surface area contributed by atoms with Gasteiger partial charge in [-0.2, -0.15) is 4.98 Å². The molecule has 5 heteroatoms. The second-order valence-electron chi connectivity index (χ2n) is 6.79. The smallest absolute Gasteiger partial charge is 0.229 e. The molecule has 1 aromatic heterocycles. The molecule has 0 aliphatic rings. The Balaban J connectivity index is 1.66. The van der Waals surface area contributed by atoms with E-state index in [1.165, 1.54) is 11.1 Å². The number of aromatic nitrogens is 2. The third-order valence-corrected chi connectivity index (χ3v) is 5.11. The summed E-state index contributed by atoms with van der Waals surface area (Å²) in [4.78, 5) is 9.39. The highest BCUT2D eigenvalue weighted by Gasteiger charge is 2.09. The minimum absolute atomic E-state index is 0.537. The molecule has 140 valence electrons. The fourth-order valence-electron chi connectivity index (χ4n) is 3.02. The van der Waals surface area contributed by atoms with E-state index in [9.17, 15) is 0 Å². The van der Waals surface area contributed by atoms with Crippen LogP contribution in [0.1, 0.15) is 16.7 Å². The number of hydrogen-bond acceptors (Lipinski definition) is 4. The molecule has 0 fully saturated rings. The van der Waals surface area contributed by atoms with Crippen molar-refractivity contribution in [2.24, 2.45) is 0 Å². The minimum Gasteiger partial charge on any atom is -0.365 e. The number of aryl methyl sites for hydroxylation is 1. The largest absolute Gasteiger partial charge is 0.365 e. The Morgan fingerprint density at radius 1 is 0.857 bits per heavy atom. The van der Waals surface area contributed by atoms with Crippen molar-refractivity contribution in [1.29, 1.82) is 0 Å². The summed E-state index contributed by atoms with van der Waals surface area (Å²) in [5.41, 5.74) is 5.20. The van der Waals surface area contributed by atoms with Crippen molar-refractivity contribution in [3.63, 3.8) is 0 Å². The molecule has 2 N–H and O–H groups in total. The lowest BCUT2D eigenvalue weighted by molar-refractivity contribution is 1.10. The summed E-state index contributed by atoms with van der Waals surface area (Å²) < 4.78 is 0. The zero-order valence-electron chi connectivity index (χ0n) is 15.8. The van der Waals surface area contributed by atoms with Crippen LogP contribution < -0.4 is 10.6 Å². The average molecular weight is 389 g/mol. The molecule has 1 heterocycles. The lowest BCUT2D eigenvalue weighted by Gasteiger charge is -2.13. The second-order valence-corrected chi connectivity index (χ2v) is 7.20. The van der Waals surface area contributed by atoms with E-state index in [-0.39, 0.29) is 0 Å². The maximum absolute atomic E-state index is 6.24. The SMILES string of the molecule is Cc1ccc(CNc2nc(Nc3cccc(Cl)c3C)nc3ccccc23)cc1. The van der Waals surface area contributed by atoms with Crippen LogP contribution >= 0.6 is 11.6 Å². The fraction of sp³-hybridized carbons (Fsp3) is 0.130. The van der Waals surface area contributed by atoms with Crippen LogP contribution in [0.5, 0.6) is 0 Å². The molecule has 0 saturated heterocycles.